The van der Waals surface area contributed by atoms with Crippen LogP contribution in [0.5, 0.6) is 0 Å². The third kappa shape index (κ3) is 4.20. The first kappa shape index (κ1) is 21.1. The minimum Gasteiger partial charge on any atom is -0.334 e. The van der Waals surface area contributed by atoms with Crippen molar-refractivity contribution in [2.45, 2.75) is 56.0 Å². The first-order valence-electron chi connectivity index (χ1n) is 7.97. The number of hydrogen-bond donors (Lipinski definition) is 2. The maximum absolute atomic E-state index is 12.6. The molecule has 10 heteroatoms. The zero-order valence-corrected chi connectivity index (χ0v) is 17.1. The summed E-state index contributed by atoms with van der Waals surface area (Å²) in [6.45, 7) is 5.27. The molecule has 1 aromatic carbocycles. The van der Waals surface area contributed by atoms with Crippen molar-refractivity contribution in [1.82, 2.24) is 14.9 Å². The lowest BCUT2D eigenvalue weighted by Gasteiger charge is -2.34. The van der Waals surface area contributed by atoms with Crippen molar-refractivity contribution >= 4 is 34.0 Å². The summed E-state index contributed by atoms with van der Waals surface area (Å²) in [7, 11) is -3.79. The van der Waals surface area contributed by atoms with Crippen LogP contribution in [-0.2, 0) is 15.6 Å². The van der Waals surface area contributed by atoms with Crippen LogP contribution < -0.4 is 10.5 Å². The summed E-state index contributed by atoms with van der Waals surface area (Å²) in [5, 5.41) is 4.07. The quantitative estimate of drug-likeness (QED) is 0.784. The van der Waals surface area contributed by atoms with Crippen LogP contribution in [0.25, 0.3) is 11.5 Å². The van der Waals surface area contributed by atoms with E-state index in [2.05, 4.69) is 14.9 Å². The molecule has 1 heterocycles. The Hall–Kier alpha value is -1.19. The number of rotatable bonds is 4. The lowest BCUT2D eigenvalue weighted by Crippen LogP contribution is -2.44. The Labute approximate surface area is 164 Å². The van der Waals surface area contributed by atoms with Gasteiger partial charge in [0.2, 0.25) is 10.0 Å². The Morgan fingerprint density at radius 2 is 1.96 bits per heavy atom. The highest BCUT2D eigenvalue weighted by atomic mass is 35.5. The zero-order chi connectivity index (χ0) is 18.5. The predicted octanol–water partition coefficient (Wildman–Crippen LogP) is 3.23. The molecule has 1 saturated carbocycles. The van der Waals surface area contributed by atoms with Gasteiger partial charge in [-0.3, -0.25) is 0 Å². The summed E-state index contributed by atoms with van der Waals surface area (Å²) in [6, 6.07) is 4.57. The average molecular weight is 421 g/mol. The number of benzene rings is 1. The van der Waals surface area contributed by atoms with Crippen molar-refractivity contribution in [2.75, 3.05) is 0 Å². The molecular formula is C16H22Cl2N4O3S. The van der Waals surface area contributed by atoms with Crippen LogP contribution in [0.3, 0.4) is 0 Å². The highest BCUT2D eigenvalue weighted by Gasteiger charge is 2.39. The molecule has 0 spiro atoms. The molecule has 3 rings (SSSR count). The fourth-order valence-corrected chi connectivity index (χ4v) is 4.57. The van der Waals surface area contributed by atoms with Gasteiger partial charge in [0.05, 0.1) is 10.6 Å². The lowest BCUT2D eigenvalue weighted by molar-refractivity contribution is 0.229. The molecule has 2 aromatic rings. The van der Waals surface area contributed by atoms with Crippen LogP contribution in [-0.4, -0.2) is 24.1 Å². The predicted molar refractivity (Wildman–Crippen MR) is 102 cm³/mol. The van der Waals surface area contributed by atoms with E-state index in [9.17, 15) is 8.42 Å². The second-order valence-corrected chi connectivity index (χ2v) is 9.49. The Morgan fingerprint density at radius 3 is 2.50 bits per heavy atom. The highest BCUT2D eigenvalue weighted by Crippen LogP contribution is 2.38. The number of nitrogens with zero attached hydrogens (tertiary/aromatic N) is 2. The van der Waals surface area contributed by atoms with E-state index >= 15 is 0 Å². The zero-order valence-electron chi connectivity index (χ0n) is 14.7. The van der Waals surface area contributed by atoms with E-state index in [-0.39, 0.29) is 28.2 Å². The maximum Gasteiger partial charge on any atom is 0.258 e. The topological polar surface area (TPSA) is 111 Å². The van der Waals surface area contributed by atoms with Gasteiger partial charge >= 0.3 is 0 Å². The van der Waals surface area contributed by atoms with Gasteiger partial charge in [0.25, 0.3) is 5.89 Å². The SMILES string of the molecule is CC(C)(C)NS(=O)(=O)c1cc(-c2nc(C3(N)CCC3)no2)ccc1Cl.Cl. The number of halogens is 2. The fourth-order valence-electron chi connectivity index (χ4n) is 2.62. The average Bonchev–Trinajstić information content (AvgIpc) is 2.92. The number of aromatic nitrogens is 2. The number of nitrogens with one attached hydrogen (secondary N) is 1. The second kappa shape index (κ2) is 7.09. The molecule has 0 bridgehead atoms. The standard InChI is InChI=1S/C16H21ClN4O3S.ClH/c1-15(2,3)21-25(22,23)12-9-10(5-6-11(12)17)13-19-14(20-24-13)16(18)7-4-8-16;/h5-6,9,21H,4,7-8,18H2,1-3H3;1H. The Kier molecular flexibility index (Phi) is 5.76. The molecular weight excluding hydrogens is 399 g/mol. The summed E-state index contributed by atoms with van der Waals surface area (Å²) < 4.78 is 33.0. The van der Waals surface area contributed by atoms with E-state index in [1.807, 2.05) is 0 Å². The van der Waals surface area contributed by atoms with E-state index < -0.39 is 21.1 Å². The third-order valence-corrected chi connectivity index (χ3v) is 6.26. The Balaban J connectivity index is 0.00000243. The van der Waals surface area contributed by atoms with E-state index in [0.717, 1.165) is 19.3 Å². The minimum absolute atomic E-state index is 0. The van der Waals surface area contributed by atoms with Gasteiger partial charge in [0.1, 0.15) is 4.90 Å². The lowest BCUT2D eigenvalue weighted by atomic mass is 9.77. The van der Waals surface area contributed by atoms with Gasteiger partial charge in [-0.05, 0) is 58.2 Å². The van der Waals surface area contributed by atoms with Crippen LogP contribution in [0.1, 0.15) is 45.9 Å². The van der Waals surface area contributed by atoms with Crippen molar-refractivity contribution in [3.63, 3.8) is 0 Å². The molecule has 0 atom stereocenters. The first-order chi connectivity index (χ1) is 11.5. The summed E-state index contributed by atoms with van der Waals surface area (Å²) in [5.41, 5.74) is 5.49. The number of hydrogen-bond acceptors (Lipinski definition) is 6. The Morgan fingerprint density at radius 1 is 1.31 bits per heavy atom. The van der Waals surface area contributed by atoms with Crippen LogP contribution in [0.4, 0.5) is 0 Å². The molecule has 144 valence electrons. The summed E-state index contributed by atoms with van der Waals surface area (Å²) in [6.07, 6.45) is 2.64. The van der Waals surface area contributed by atoms with Gasteiger partial charge in [0.15, 0.2) is 5.82 Å². The summed E-state index contributed by atoms with van der Waals surface area (Å²) >= 11 is 6.10. The normalized spacial score (nSPS) is 16.7. The largest absolute Gasteiger partial charge is 0.334 e. The molecule has 1 aliphatic rings. The highest BCUT2D eigenvalue weighted by molar-refractivity contribution is 7.89. The molecule has 1 aliphatic carbocycles. The molecule has 0 aliphatic heterocycles. The smallest absolute Gasteiger partial charge is 0.258 e. The molecule has 1 aromatic heterocycles. The van der Waals surface area contributed by atoms with Gasteiger partial charge in [0, 0.05) is 11.1 Å². The van der Waals surface area contributed by atoms with Gasteiger partial charge in [-0.1, -0.05) is 16.8 Å². The molecule has 0 radical (unpaired) electrons. The molecule has 0 saturated heterocycles. The third-order valence-electron chi connectivity index (χ3n) is 4.03. The van der Waals surface area contributed by atoms with Gasteiger partial charge in [-0.2, -0.15) is 4.98 Å². The van der Waals surface area contributed by atoms with E-state index in [4.69, 9.17) is 21.9 Å². The van der Waals surface area contributed by atoms with E-state index in [0.29, 0.717) is 11.4 Å². The maximum atomic E-state index is 12.6. The van der Waals surface area contributed by atoms with Crippen LogP contribution in [0.15, 0.2) is 27.6 Å². The van der Waals surface area contributed by atoms with Crippen LogP contribution in [0.2, 0.25) is 5.02 Å². The molecule has 3 N–H and O–H groups in total. The van der Waals surface area contributed by atoms with Gasteiger partial charge in [-0.15, -0.1) is 12.4 Å². The number of sulfonamides is 1. The van der Waals surface area contributed by atoms with Gasteiger partial charge in [-0.25, -0.2) is 13.1 Å². The summed E-state index contributed by atoms with van der Waals surface area (Å²) in [4.78, 5) is 4.31. The van der Waals surface area contributed by atoms with Crippen molar-refractivity contribution in [2.24, 2.45) is 5.73 Å². The molecule has 7 nitrogen and oxygen atoms in total. The monoisotopic (exact) mass is 420 g/mol. The molecule has 0 unspecified atom stereocenters. The fraction of sp³-hybridized carbons (Fsp3) is 0.500. The summed E-state index contributed by atoms with van der Waals surface area (Å²) in [5.74, 6) is 0.663. The van der Waals surface area contributed by atoms with Gasteiger partial charge < -0.3 is 10.3 Å². The molecule has 1 fully saturated rings. The first-order valence-corrected chi connectivity index (χ1v) is 9.83. The van der Waals surface area contributed by atoms with Crippen molar-refractivity contribution in [3.05, 3.63) is 29.0 Å². The van der Waals surface area contributed by atoms with Crippen molar-refractivity contribution in [3.8, 4) is 11.5 Å². The van der Waals surface area contributed by atoms with Crippen LogP contribution in [0, 0.1) is 0 Å². The van der Waals surface area contributed by atoms with Crippen molar-refractivity contribution < 1.29 is 12.9 Å². The minimum atomic E-state index is -3.79. The van der Waals surface area contributed by atoms with E-state index in [1.165, 1.54) is 12.1 Å². The number of nitrogens with two attached hydrogens (primary N) is 1. The molecule has 0 amide bonds. The van der Waals surface area contributed by atoms with E-state index in [1.54, 1.807) is 26.8 Å². The molecule has 26 heavy (non-hydrogen) atoms. The Bertz CT molecular complexity index is 902. The van der Waals surface area contributed by atoms with Crippen LogP contribution >= 0.6 is 24.0 Å². The van der Waals surface area contributed by atoms with Crippen molar-refractivity contribution in [1.29, 1.82) is 0 Å². The second-order valence-electron chi connectivity index (χ2n) is 7.43.